The first-order valence-corrected chi connectivity index (χ1v) is 7.78. The van der Waals surface area contributed by atoms with Gasteiger partial charge in [-0.3, -0.25) is 5.10 Å². The van der Waals surface area contributed by atoms with Gasteiger partial charge in [0.25, 0.3) is 0 Å². The fourth-order valence-electron chi connectivity index (χ4n) is 2.44. The van der Waals surface area contributed by atoms with Crippen LogP contribution in [-0.4, -0.2) is 54.5 Å². The lowest BCUT2D eigenvalue weighted by Gasteiger charge is -2.30. The second-order valence-corrected chi connectivity index (χ2v) is 6.08. The Morgan fingerprint density at radius 3 is 3.35 bits per heavy atom. The van der Waals surface area contributed by atoms with E-state index in [0.717, 1.165) is 38.5 Å². The summed E-state index contributed by atoms with van der Waals surface area (Å²) in [7, 11) is 2.14. The molecule has 20 heavy (non-hydrogen) atoms. The smallest absolute Gasteiger partial charge is 0.0826 e. The number of hydrogen-bond acceptors (Lipinski definition) is 5. The van der Waals surface area contributed by atoms with Gasteiger partial charge in [-0.2, -0.15) is 5.10 Å². The van der Waals surface area contributed by atoms with Crippen LogP contribution >= 0.6 is 11.3 Å². The summed E-state index contributed by atoms with van der Waals surface area (Å²) in [6.45, 7) is 4.54. The topological polar surface area (TPSA) is 53.2 Å². The molecule has 108 valence electrons. The SMILES string of the molecule is CN1CCO[C@H](CNCc2cn[nH]c2-c2cccs2)C1. The molecule has 1 aliphatic rings. The van der Waals surface area contributed by atoms with E-state index in [4.69, 9.17) is 4.74 Å². The van der Waals surface area contributed by atoms with Crippen LogP contribution in [-0.2, 0) is 11.3 Å². The van der Waals surface area contributed by atoms with Crippen molar-refractivity contribution >= 4 is 11.3 Å². The lowest BCUT2D eigenvalue weighted by molar-refractivity contribution is -0.0182. The van der Waals surface area contributed by atoms with Crippen LogP contribution in [0.1, 0.15) is 5.56 Å². The Labute approximate surface area is 122 Å². The number of morpholine rings is 1. The Balaban J connectivity index is 1.53. The van der Waals surface area contributed by atoms with Crippen LogP contribution in [0.3, 0.4) is 0 Å². The predicted octanol–water partition coefficient (Wildman–Crippen LogP) is 1.56. The third-order valence-electron chi connectivity index (χ3n) is 3.51. The molecular weight excluding hydrogens is 272 g/mol. The van der Waals surface area contributed by atoms with Crippen LogP contribution in [0.15, 0.2) is 23.7 Å². The van der Waals surface area contributed by atoms with Gasteiger partial charge in [0.15, 0.2) is 0 Å². The molecule has 0 radical (unpaired) electrons. The van der Waals surface area contributed by atoms with Gasteiger partial charge in [-0.1, -0.05) is 6.07 Å². The summed E-state index contributed by atoms with van der Waals surface area (Å²) in [6, 6.07) is 4.17. The van der Waals surface area contributed by atoms with Crippen molar-refractivity contribution in [2.75, 3.05) is 33.3 Å². The van der Waals surface area contributed by atoms with Gasteiger partial charge in [0.2, 0.25) is 0 Å². The normalized spacial score (nSPS) is 20.4. The van der Waals surface area contributed by atoms with Crippen LogP contribution in [0.25, 0.3) is 10.6 Å². The quantitative estimate of drug-likeness (QED) is 0.878. The second-order valence-electron chi connectivity index (χ2n) is 5.13. The molecule has 1 saturated heterocycles. The minimum atomic E-state index is 0.283. The molecule has 0 aromatic carbocycles. The Kier molecular flexibility index (Phi) is 4.47. The number of thiophene rings is 1. The van der Waals surface area contributed by atoms with Crippen molar-refractivity contribution in [3.63, 3.8) is 0 Å². The highest BCUT2D eigenvalue weighted by atomic mass is 32.1. The molecule has 2 aromatic heterocycles. The van der Waals surface area contributed by atoms with E-state index >= 15 is 0 Å². The van der Waals surface area contributed by atoms with Crippen molar-refractivity contribution in [2.45, 2.75) is 12.6 Å². The molecule has 0 spiro atoms. The van der Waals surface area contributed by atoms with E-state index in [9.17, 15) is 0 Å². The van der Waals surface area contributed by atoms with Crippen molar-refractivity contribution in [1.82, 2.24) is 20.4 Å². The fraction of sp³-hybridized carbons (Fsp3) is 0.500. The molecule has 3 rings (SSSR count). The summed E-state index contributed by atoms with van der Waals surface area (Å²) in [5, 5.41) is 12.8. The van der Waals surface area contributed by atoms with E-state index in [1.165, 1.54) is 10.4 Å². The zero-order valence-corrected chi connectivity index (χ0v) is 12.4. The second kappa shape index (κ2) is 6.49. The number of rotatable bonds is 5. The van der Waals surface area contributed by atoms with Gasteiger partial charge in [-0.25, -0.2) is 0 Å². The molecule has 6 heteroatoms. The van der Waals surface area contributed by atoms with Gasteiger partial charge < -0.3 is 15.0 Å². The number of aromatic amines is 1. The van der Waals surface area contributed by atoms with Crippen molar-refractivity contribution < 1.29 is 4.74 Å². The molecule has 2 N–H and O–H groups in total. The molecule has 1 aliphatic heterocycles. The number of H-pyrrole nitrogens is 1. The Bertz CT molecular complexity index is 525. The minimum Gasteiger partial charge on any atom is -0.374 e. The summed E-state index contributed by atoms with van der Waals surface area (Å²) in [6.07, 6.45) is 2.18. The van der Waals surface area contributed by atoms with Gasteiger partial charge in [0, 0.05) is 31.7 Å². The van der Waals surface area contributed by atoms with Crippen LogP contribution < -0.4 is 5.32 Å². The van der Waals surface area contributed by atoms with E-state index in [0.29, 0.717) is 0 Å². The van der Waals surface area contributed by atoms with Crippen molar-refractivity contribution in [3.8, 4) is 10.6 Å². The van der Waals surface area contributed by atoms with E-state index in [2.05, 4.69) is 45.0 Å². The molecule has 3 heterocycles. The van der Waals surface area contributed by atoms with Gasteiger partial charge in [0.1, 0.15) is 0 Å². The highest BCUT2D eigenvalue weighted by Crippen LogP contribution is 2.25. The third-order valence-corrected chi connectivity index (χ3v) is 4.40. The van der Waals surface area contributed by atoms with Crippen molar-refractivity contribution in [2.24, 2.45) is 0 Å². The van der Waals surface area contributed by atoms with Crippen LogP contribution in [0.4, 0.5) is 0 Å². The summed E-state index contributed by atoms with van der Waals surface area (Å²) < 4.78 is 5.74. The third kappa shape index (κ3) is 3.27. The monoisotopic (exact) mass is 292 g/mol. The summed E-state index contributed by atoms with van der Waals surface area (Å²) in [5.41, 5.74) is 2.32. The first-order valence-electron chi connectivity index (χ1n) is 6.90. The van der Waals surface area contributed by atoms with Crippen molar-refractivity contribution in [1.29, 1.82) is 0 Å². The maximum atomic E-state index is 5.74. The van der Waals surface area contributed by atoms with E-state index < -0.39 is 0 Å². The minimum absolute atomic E-state index is 0.283. The highest BCUT2D eigenvalue weighted by Gasteiger charge is 2.17. The molecule has 0 aliphatic carbocycles. The maximum absolute atomic E-state index is 5.74. The molecule has 1 atom stereocenters. The molecule has 0 saturated carbocycles. The number of nitrogens with zero attached hydrogens (tertiary/aromatic N) is 2. The number of ether oxygens (including phenoxy) is 1. The first kappa shape index (κ1) is 13.8. The van der Waals surface area contributed by atoms with Gasteiger partial charge >= 0.3 is 0 Å². The van der Waals surface area contributed by atoms with E-state index in [1.54, 1.807) is 11.3 Å². The largest absolute Gasteiger partial charge is 0.374 e. The van der Waals surface area contributed by atoms with Crippen molar-refractivity contribution in [3.05, 3.63) is 29.3 Å². The van der Waals surface area contributed by atoms with Crippen LogP contribution in [0.2, 0.25) is 0 Å². The average molecular weight is 292 g/mol. The number of nitrogens with one attached hydrogen (secondary N) is 2. The zero-order chi connectivity index (χ0) is 13.8. The summed E-state index contributed by atoms with van der Waals surface area (Å²) in [4.78, 5) is 3.54. The molecular formula is C14H20N4OS. The Morgan fingerprint density at radius 2 is 2.55 bits per heavy atom. The standard InChI is InChI=1S/C14H20N4OS/c1-18-4-5-19-12(10-18)9-15-7-11-8-16-17-14(11)13-3-2-6-20-13/h2-3,6,8,12,15H,4-5,7,9-10H2,1H3,(H,16,17)/t12-/m1/s1. The number of likely N-dealkylation sites (N-methyl/N-ethyl adjacent to an activating group) is 1. The number of aromatic nitrogens is 2. The molecule has 0 bridgehead atoms. The molecule has 2 aromatic rings. The molecule has 5 nitrogen and oxygen atoms in total. The van der Waals surface area contributed by atoms with E-state index in [1.807, 2.05) is 6.20 Å². The Morgan fingerprint density at radius 1 is 1.60 bits per heavy atom. The Hall–Kier alpha value is -1.21. The highest BCUT2D eigenvalue weighted by molar-refractivity contribution is 7.13. The lowest BCUT2D eigenvalue weighted by atomic mass is 10.2. The fourth-order valence-corrected chi connectivity index (χ4v) is 3.19. The van der Waals surface area contributed by atoms with E-state index in [-0.39, 0.29) is 6.10 Å². The van der Waals surface area contributed by atoms with Gasteiger partial charge in [-0.15, -0.1) is 11.3 Å². The van der Waals surface area contributed by atoms with Gasteiger partial charge in [-0.05, 0) is 18.5 Å². The lowest BCUT2D eigenvalue weighted by Crippen LogP contribution is -2.44. The van der Waals surface area contributed by atoms with Crippen LogP contribution in [0.5, 0.6) is 0 Å². The zero-order valence-electron chi connectivity index (χ0n) is 11.6. The molecule has 1 fully saturated rings. The molecule has 0 amide bonds. The summed E-state index contributed by atoms with van der Waals surface area (Å²) >= 11 is 1.73. The maximum Gasteiger partial charge on any atom is 0.0826 e. The molecule has 0 unspecified atom stereocenters. The van der Waals surface area contributed by atoms with Crippen LogP contribution in [0, 0.1) is 0 Å². The summed E-state index contributed by atoms with van der Waals surface area (Å²) in [5.74, 6) is 0. The predicted molar refractivity (Wildman–Crippen MR) is 80.8 cm³/mol. The van der Waals surface area contributed by atoms with Gasteiger partial charge in [0.05, 0.1) is 29.5 Å². The first-order chi connectivity index (χ1) is 9.83. The average Bonchev–Trinajstić information content (AvgIpc) is 3.09. The number of hydrogen-bond donors (Lipinski definition) is 2.